The van der Waals surface area contributed by atoms with Crippen LogP contribution in [-0.2, 0) is 18.4 Å². The molecule has 0 spiro atoms. The summed E-state index contributed by atoms with van der Waals surface area (Å²) in [6, 6.07) is 4.15. The maximum atomic E-state index is 12.4. The standard InChI is InChI=1S/C17H22N4O2/c1-12-7-15(12)16-4-3-14(23-16)10-20-5-6-21(17(22)11-20)13-8-18-19(2)9-13/h3-4,8-9,12,15H,5-7,10-11H2,1-2H3/t12-,15+/m1/s1. The van der Waals surface area contributed by atoms with E-state index in [1.807, 2.05) is 18.1 Å². The Hall–Kier alpha value is -2.08. The molecule has 2 atom stereocenters. The van der Waals surface area contributed by atoms with Crippen LogP contribution in [0, 0.1) is 5.92 Å². The van der Waals surface area contributed by atoms with Gasteiger partial charge in [0, 0.05) is 32.3 Å². The SMILES string of the molecule is C[C@@H]1C[C@@H]1c1ccc(CN2CCN(c3cnn(C)c3)C(=O)C2)o1. The van der Waals surface area contributed by atoms with Gasteiger partial charge in [-0.15, -0.1) is 0 Å². The molecule has 0 radical (unpaired) electrons. The van der Waals surface area contributed by atoms with Crippen molar-refractivity contribution in [2.24, 2.45) is 13.0 Å². The average Bonchev–Trinajstić information content (AvgIpc) is 2.90. The van der Waals surface area contributed by atoms with Gasteiger partial charge in [-0.2, -0.15) is 5.10 Å². The highest BCUT2D eigenvalue weighted by atomic mass is 16.3. The van der Waals surface area contributed by atoms with E-state index in [9.17, 15) is 4.79 Å². The molecule has 1 aliphatic carbocycles. The van der Waals surface area contributed by atoms with Crippen molar-refractivity contribution < 1.29 is 9.21 Å². The van der Waals surface area contributed by atoms with E-state index in [-0.39, 0.29) is 5.91 Å². The first-order chi connectivity index (χ1) is 11.1. The number of piperazine rings is 1. The molecule has 1 saturated carbocycles. The van der Waals surface area contributed by atoms with Gasteiger partial charge in [-0.05, 0) is 24.5 Å². The number of hydrogen-bond acceptors (Lipinski definition) is 4. The van der Waals surface area contributed by atoms with Crippen molar-refractivity contribution in [2.75, 3.05) is 24.5 Å². The second kappa shape index (κ2) is 5.53. The summed E-state index contributed by atoms with van der Waals surface area (Å²) >= 11 is 0. The van der Waals surface area contributed by atoms with Crippen LogP contribution >= 0.6 is 0 Å². The minimum absolute atomic E-state index is 0.117. The Bertz CT molecular complexity index is 720. The molecule has 3 heterocycles. The second-order valence-corrected chi connectivity index (χ2v) is 6.75. The third-order valence-corrected chi connectivity index (χ3v) is 4.84. The van der Waals surface area contributed by atoms with Crippen LogP contribution in [0.1, 0.15) is 30.8 Å². The van der Waals surface area contributed by atoms with Gasteiger partial charge in [0.15, 0.2) is 0 Å². The lowest BCUT2D eigenvalue weighted by atomic mass is 10.2. The van der Waals surface area contributed by atoms with Crippen LogP contribution in [-0.4, -0.2) is 40.2 Å². The molecule has 2 fully saturated rings. The highest BCUT2D eigenvalue weighted by Crippen LogP contribution is 2.47. The molecule has 4 rings (SSSR count). The highest BCUT2D eigenvalue weighted by Gasteiger charge is 2.36. The smallest absolute Gasteiger partial charge is 0.241 e. The van der Waals surface area contributed by atoms with Gasteiger partial charge in [-0.3, -0.25) is 14.4 Å². The van der Waals surface area contributed by atoms with E-state index >= 15 is 0 Å². The van der Waals surface area contributed by atoms with Gasteiger partial charge in [0.1, 0.15) is 11.5 Å². The fraction of sp³-hybridized carbons (Fsp3) is 0.529. The molecule has 0 unspecified atom stereocenters. The fourth-order valence-corrected chi connectivity index (χ4v) is 3.30. The first-order valence-corrected chi connectivity index (χ1v) is 8.20. The quantitative estimate of drug-likeness (QED) is 0.866. The summed E-state index contributed by atoms with van der Waals surface area (Å²) in [6.45, 7) is 4.91. The molecule has 1 saturated heterocycles. The Labute approximate surface area is 135 Å². The van der Waals surface area contributed by atoms with Crippen LogP contribution in [0.4, 0.5) is 5.69 Å². The zero-order valence-electron chi connectivity index (χ0n) is 13.6. The van der Waals surface area contributed by atoms with Gasteiger partial charge in [0.05, 0.1) is 25.0 Å². The number of hydrogen-bond donors (Lipinski definition) is 0. The van der Waals surface area contributed by atoms with Crippen LogP contribution in [0.25, 0.3) is 0 Å². The van der Waals surface area contributed by atoms with Crippen molar-refractivity contribution in [1.29, 1.82) is 0 Å². The molecule has 6 nitrogen and oxygen atoms in total. The van der Waals surface area contributed by atoms with Crippen molar-refractivity contribution in [3.63, 3.8) is 0 Å². The largest absolute Gasteiger partial charge is 0.464 e. The number of rotatable bonds is 4. The van der Waals surface area contributed by atoms with E-state index in [4.69, 9.17) is 4.42 Å². The van der Waals surface area contributed by atoms with Gasteiger partial charge in [0.2, 0.25) is 5.91 Å². The summed E-state index contributed by atoms with van der Waals surface area (Å²) < 4.78 is 7.67. The number of aromatic nitrogens is 2. The molecule has 0 N–H and O–H groups in total. The molecule has 1 amide bonds. The van der Waals surface area contributed by atoms with Crippen molar-refractivity contribution in [3.8, 4) is 0 Å². The highest BCUT2D eigenvalue weighted by molar-refractivity contribution is 5.95. The molecule has 6 heteroatoms. The maximum absolute atomic E-state index is 12.4. The van der Waals surface area contributed by atoms with Crippen molar-refractivity contribution in [2.45, 2.75) is 25.8 Å². The molecular formula is C17H22N4O2. The van der Waals surface area contributed by atoms with E-state index in [1.165, 1.54) is 6.42 Å². The predicted molar refractivity (Wildman–Crippen MR) is 86.1 cm³/mol. The summed E-state index contributed by atoms with van der Waals surface area (Å²) in [4.78, 5) is 16.3. The lowest BCUT2D eigenvalue weighted by molar-refractivity contribution is -0.121. The number of carbonyl (C=O) groups is 1. The van der Waals surface area contributed by atoms with Gasteiger partial charge in [-0.25, -0.2) is 0 Å². The van der Waals surface area contributed by atoms with Crippen LogP contribution in [0.2, 0.25) is 0 Å². The monoisotopic (exact) mass is 314 g/mol. The van der Waals surface area contributed by atoms with Crippen molar-refractivity contribution in [3.05, 3.63) is 36.0 Å². The maximum Gasteiger partial charge on any atom is 0.241 e. The van der Waals surface area contributed by atoms with Crippen LogP contribution in [0.15, 0.2) is 28.9 Å². The summed E-state index contributed by atoms with van der Waals surface area (Å²) in [6.07, 6.45) is 4.85. The molecule has 122 valence electrons. The van der Waals surface area contributed by atoms with Crippen LogP contribution in [0.3, 0.4) is 0 Å². The van der Waals surface area contributed by atoms with E-state index in [0.717, 1.165) is 29.7 Å². The fourth-order valence-electron chi connectivity index (χ4n) is 3.30. The van der Waals surface area contributed by atoms with Crippen LogP contribution in [0.5, 0.6) is 0 Å². The molecule has 0 aromatic carbocycles. The number of aryl methyl sites for hydroxylation is 1. The van der Waals surface area contributed by atoms with Crippen molar-refractivity contribution in [1.82, 2.24) is 14.7 Å². The van der Waals surface area contributed by atoms with Gasteiger partial charge < -0.3 is 9.32 Å². The third kappa shape index (κ3) is 2.91. The molecule has 0 bridgehead atoms. The first-order valence-electron chi connectivity index (χ1n) is 8.20. The number of amides is 1. The van der Waals surface area contributed by atoms with Crippen LogP contribution < -0.4 is 4.90 Å². The third-order valence-electron chi connectivity index (χ3n) is 4.84. The van der Waals surface area contributed by atoms with Gasteiger partial charge >= 0.3 is 0 Å². The zero-order valence-corrected chi connectivity index (χ0v) is 13.6. The van der Waals surface area contributed by atoms with E-state index in [0.29, 0.717) is 25.6 Å². The predicted octanol–water partition coefficient (Wildman–Crippen LogP) is 1.99. The molecular weight excluding hydrogens is 292 g/mol. The molecule has 1 aliphatic heterocycles. The molecule has 23 heavy (non-hydrogen) atoms. The minimum Gasteiger partial charge on any atom is -0.464 e. The van der Waals surface area contributed by atoms with E-state index in [1.54, 1.807) is 10.9 Å². The zero-order chi connectivity index (χ0) is 16.0. The number of carbonyl (C=O) groups excluding carboxylic acids is 1. The Balaban J connectivity index is 1.37. The summed E-state index contributed by atoms with van der Waals surface area (Å²) in [5, 5.41) is 4.14. The molecule has 2 aromatic rings. The Kier molecular flexibility index (Phi) is 3.49. The normalized spacial score (nSPS) is 25.1. The van der Waals surface area contributed by atoms with E-state index in [2.05, 4.69) is 29.1 Å². The number of anilines is 1. The lowest BCUT2D eigenvalue weighted by Crippen LogP contribution is -2.50. The summed E-state index contributed by atoms with van der Waals surface area (Å²) in [5.41, 5.74) is 0.875. The topological polar surface area (TPSA) is 54.5 Å². The molecule has 2 aliphatic rings. The first kappa shape index (κ1) is 14.5. The van der Waals surface area contributed by atoms with Gasteiger partial charge in [0.25, 0.3) is 0 Å². The van der Waals surface area contributed by atoms with Gasteiger partial charge in [-0.1, -0.05) is 6.92 Å². The molecule has 2 aromatic heterocycles. The Morgan fingerprint density at radius 3 is 2.83 bits per heavy atom. The minimum atomic E-state index is 0.117. The summed E-state index contributed by atoms with van der Waals surface area (Å²) in [7, 11) is 1.86. The number of nitrogens with zero attached hydrogens (tertiary/aromatic N) is 4. The Morgan fingerprint density at radius 2 is 2.17 bits per heavy atom. The average molecular weight is 314 g/mol. The number of furan rings is 1. The summed E-state index contributed by atoms with van der Waals surface area (Å²) in [5.74, 6) is 3.54. The lowest BCUT2D eigenvalue weighted by Gasteiger charge is -2.33. The van der Waals surface area contributed by atoms with E-state index < -0.39 is 0 Å². The van der Waals surface area contributed by atoms with Crippen molar-refractivity contribution >= 4 is 11.6 Å². The Morgan fingerprint density at radius 1 is 1.35 bits per heavy atom. The second-order valence-electron chi connectivity index (χ2n) is 6.75.